The number of nitrogens with one attached hydrogen (secondary N) is 1. The summed E-state index contributed by atoms with van der Waals surface area (Å²) in [6, 6.07) is 1.92. The Bertz CT molecular complexity index is 522. The van der Waals surface area contributed by atoms with Crippen LogP contribution >= 0.6 is 0 Å². The molecule has 0 atom stereocenters. The molecule has 0 aliphatic rings. The second-order valence-electron chi connectivity index (χ2n) is 4.70. The summed E-state index contributed by atoms with van der Waals surface area (Å²) >= 11 is 0. The summed E-state index contributed by atoms with van der Waals surface area (Å²) in [5.41, 5.74) is 1.75. The summed E-state index contributed by atoms with van der Waals surface area (Å²) in [4.78, 5) is 17.2. The fourth-order valence-electron chi connectivity index (χ4n) is 1.63. The van der Waals surface area contributed by atoms with Crippen LogP contribution in [0.5, 0.6) is 0 Å². The van der Waals surface area contributed by atoms with E-state index in [1.165, 1.54) is 0 Å². The van der Waals surface area contributed by atoms with Gasteiger partial charge in [-0.2, -0.15) is 0 Å². The lowest BCUT2D eigenvalue weighted by atomic mass is 10.2. The molecule has 2 aromatic heterocycles. The largest absolute Gasteiger partial charge is 0.370 e. The van der Waals surface area contributed by atoms with E-state index in [9.17, 15) is 0 Å². The highest BCUT2D eigenvalue weighted by molar-refractivity contribution is 5.60. The lowest BCUT2D eigenvalue weighted by Gasteiger charge is -2.06. The molecule has 2 rings (SSSR count). The minimum absolute atomic E-state index is 0.334. The highest BCUT2D eigenvalue weighted by Gasteiger charge is 2.05. The van der Waals surface area contributed by atoms with Gasteiger partial charge >= 0.3 is 0 Å². The van der Waals surface area contributed by atoms with Crippen molar-refractivity contribution in [3.63, 3.8) is 0 Å². The fourth-order valence-corrected chi connectivity index (χ4v) is 1.63. The maximum Gasteiger partial charge on any atom is 0.130 e. The maximum absolute atomic E-state index is 4.35. The Morgan fingerprint density at radius 3 is 2.47 bits per heavy atom. The molecule has 5 nitrogen and oxygen atoms in total. The second-order valence-corrected chi connectivity index (χ2v) is 4.70. The molecule has 100 valence electrons. The van der Waals surface area contributed by atoms with Gasteiger partial charge in [-0.05, 0) is 6.42 Å². The first-order chi connectivity index (χ1) is 9.20. The van der Waals surface area contributed by atoms with Crippen molar-refractivity contribution in [1.29, 1.82) is 0 Å². The van der Waals surface area contributed by atoms with E-state index >= 15 is 0 Å². The molecule has 0 saturated carbocycles. The summed E-state index contributed by atoms with van der Waals surface area (Å²) in [6.07, 6.45) is 6.25. The molecule has 0 bridgehead atoms. The maximum atomic E-state index is 4.35. The van der Waals surface area contributed by atoms with E-state index in [-0.39, 0.29) is 0 Å². The average Bonchev–Trinajstić information content (AvgIpc) is 2.45. The van der Waals surface area contributed by atoms with E-state index < -0.39 is 0 Å². The Hall–Kier alpha value is -2.04. The first kappa shape index (κ1) is 13.4. The number of rotatable bonds is 5. The average molecular weight is 257 g/mol. The van der Waals surface area contributed by atoms with Crippen LogP contribution in [-0.4, -0.2) is 26.5 Å². The van der Waals surface area contributed by atoms with Gasteiger partial charge < -0.3 is 5.32 Å². The van der Waals surface area contributed by atoms with Gasteiger partial charge in [-0.15, -0.1) is 0 Å². The smallest absolute Gasteiger partial charge is 0.130 e. The third kappa shape index (κ3) is 3.47. The summed E-state index contributed by atoms with van der Waals surface area (Å²) in [6.45, 7) is 7.17. The van der Waals surface area contributed by atoms with E-state index in [0.29, 0.717) is 5.92 Å². The van der Waals surface area contributed by atoms with Gasteiger partial charge in [0.05, 0.1) is 5.69 Å². The molecule has 0 unspecified atom stereocenters. The molecule has 0 amide bonds. The standard InChI is InChI=1S/C14H19N5/c1-4-5-15-13-6-12(18-9-19-13)11-7-16-14(10(2)3)17-8-11/h6-10H,4-5H2,1-3H3,(H,15,18,19). The van der Waals surface area contributed by atoms with E-state index in [4.69, 9.17) is 0 Å². The van der Waals surface area contributed by atoms with E-state index in [1.54, 1.807) is 6.33 Å². The van der Waals surface area contributed by atoms with Crippen LogP contribution < -0.4 is 5.32 Å². The van der Waals surface area contributed by atoms with Crippen molar-refractivity contribution in [2.24, 2.45) is 0 Å². The molecule has 0 aliphatic carbocycles. The van der Waals surface area contributed by atoms with Crippen molar-refractivity contribution in [1.82, 2.24) is 19.9 Å². The van der Waals surface area contributed by atoms with Crippen LogP contribution in [0.4, 0.5) is 5.82 Å². The van der Waals surface area contributed by atoms with Gasteiger partial charge in [0, 0.05) is 36.5 Å². The zero-order valence-corrected chi connectivity index (χ0v) is 11.6. The van der Waals surface area contributed by atoms with Crippen LogP contribution in [0.1, 0.15) is 38.9 Å². The van der Waals surface area contributed by atoms with Gasteiger partial charge in [0.25, 0.3) is 0 Å². The molecule has 0 saturated heterocycles. The van der Waals surface area contributed by atoms with Crippen molar-refractivity contribution >= 4 is 5.82 Å². The summed E-state index contributed by atoms with van der Waals surface area (Å²) in [5, 5.41) is 3.24. The third-order valence-corrected chi connectivity index (χ3v) is 2.71. The topological polar surface area (TPSA) is 63.6 Å². The highest BCUT2D eigenvalue weighted by atomic mass is 15.0. The van der Waals surface area contributed by atoms with Crippen LogP contribution in [-0.2, 0) is 0 Å². The molecule has 5 heteroatoms. The predicted octanol–water partition coefficient (Wildman–Crippen LogP) is 2.88. The van der Waals surface area contributed by atoms with Gasteiger partial charge in [-0.25, -0.2) is 19.9 Å². The first-order valence-electron chi connectivity index (χ1n) is 6.59. The number of anilines is 1. The molecule has 2 aromatic rings. The van der Waals surface area contributed by atoms with Crippen molar-refractivity contribution < 1.29 is 0 Å². The molecule has 19 heavy (non-hydrogen) atoms. The molecular formula is C14H19N5. The van der Waals surface area contributed by atoms with Gasteiger partial charge in [0.15, 0.2) is 0 Å². The zero-order valence-electron chi connectivity index (χ0n) is 11.6. The van der Waals surface area contributed by atoms with Gasteiger partial charge in [0.1, 0.15) is 18.0 Å². The Morgan fingerprint density at radius 2 is 1.84 bits per heavy atom. The molecule has 2 heterocycles. The van der Waals surface area contributed by atoms with Crippen molar-refractivity contribution in [2.75, 3.05) is 11.9 Å². The van der Waals surface area contributed by atoms with Crippen molar-refractivity contribution in [3.05, 3.63) is 30.6 Å². The molecule has 0 radical (unpaired) electrons. The zero-order chi connectivity index (χ0) is 13.7. The summed E-state index contributed by atoms with van der Waals surface area (Å²) in [7, 11) is 0. The molecule has 0 fully saturated rings. The Morgan fingerprint density at radius 1 is 1.11 bits per heavy atom. The van der Waals surface area contributed by atoms with Crippen LogP contribution in [0.25, 0.3) is 11.3 Å². The molecule has 0 aromatic carbocycles. The monoisotopic (exact) mass is 257 g/mol. The van der Waals surface area contributed by atoms with Crippen LogP contribution in [0.2, 0.25) is 0 Å². The SMILES string of the molecule is CCCNc1cc(-c2cnc(C(C)C)nc2)ncn1. The number of nitrogens with zero attached hydrogens (tertiary/aromatic N) is 4. The first-order valence-corrected chi connectivity index (χ1v) is 6.59. The molecule has 1 N–H and O–H groups in total. The minimum Gasteiger partial charge on any atom is -0.370 e. The second kappa shape index (κ2) is 6.22. The molecule has 0 aliphatic heterocycles. The predicted molar refractivity (Wildman–Crippen MR) is 75.9 cm³/mol. The number of hydrogen-bond donors (Lipinski definition) is 1. The van der Waals surface area contributed by atoms with E-state index in [1.807, 2.05) is 18.5 Å². The van der Waals surface area contributed by atoms with Crippen molar-refractivity contribution in [3.8, 4) is 11.3 Å². The highest BCUT2D eigenvalue weighted by Crippen LogP contribution is 2.18. The summed E-state index contributed by atoms with van der Waals surface area (Å²) < 4.78 is 0. The van der Waals surface area contributed by atoms with E-state index in [0.717, 1.165) is 35.9 Å². The lowest BCUT2D eigenvalue weighted by Crippen LogP contribution is -2.03. The van der Waals surface area contributed by atoms with Crippen molar-refractivity contribution in [2.45, 2.75) is 33.1 Å². The summed E-state index contributed by atoms with van der Waals surface area (Å²) in [5.74, 6) is 2.02. The van der Waals surface area contributed by atoms with Gasteiger partial charge in [0.2, 0.25) is 0 Å². The number of hydrogen-bond acceptors (Lipinski definition) is 5. The van der Waals surface area contributed by atoms with Crippen LogP contribution in [0, 0.1) is 0 Å². The Balaban J connectivity index is 2.21. The quantitative estimate of drug-likeness (QED) is 0.892. The van der Waals surface area contributed by atoms with Gasteiger partial charge in [-0.3, -0.25) is 0 Å². The number of aromatic nitrogens is 4. The Labute approximate surface area is 113 Å². The normalized spacial score (nSPS) is 10.7. The van der Waals surface area contributed by atoms with Crippen LogP contribution in [0.3, 0.4) is 0 Å². The van der Waals surface area contributed by atoms with Crippen LogP contribution in [0.15, 0.2) is 24.8 Å². The van der Waals surface area contributed by atoms with E-state index in [2.05, 4.69) is 46.0 Å². The molecule has 0 spiro atoms. The molecular weight excluding hydrogens is 238 g/mol. The minimum atomic E-state index is 0.334. The van der Waals surface area contributed by atoms with Gasteiger partial charge in [-0.1, -0.05) is 20.8 Å². The lowest BCUT2D eigenvalue weighted by molar-refractivity contribution is 0.774. The fraction of sp³-hybridized carbons (Fsp3) is 0.429. The Kier molecular flexibility index (Phi) is 4.39. The third-order valence-electron chi connectivity index (χ3n) is 2.71.